The largest absolute Gasteiger partial charge is 0.378 e. The third kappa shape index (κ3) is 5.66. The molecule has 4 rings (SSSR count). The van der Waals surface area contributed by atoms with Gasteiger partial charge in [0.2, 0.25) is 11.8 Å². The minimum Gasteiger partial charge on any atom is -0.378 e. The Morgan fingerprint density at radius 2 is 1.50 bits per heavy atom. The zero-order chi connectivity index (χ0) is 22.3. The molecule has 7 heteroatoms. The highest BCUT2D eigenvalue weighted by Crippen LogP contribution is 2.23. The van der Waals surface area contributed by atoms with E-state index in [1.54, 1.807) is 0 Å². The number of amides is 2. The highest BCUT2D eigenvalue weighted by molar-refractivity contribution is 5.95. The maximum absolute atomic E-state index is 12.8. The lowest BCUT2D eigenvalue weighted by atomic mass is 9.94. The van der Waals surface area contributed by atoms with E-state index in [-0.39, 0.29) is 23.8 Å². The smallest absolute Gasteiger partial charge is 0.241 e. The van der Waals surface area contributed by atoms with E-state index < -0.39 is 0 Å². The standard InChI is InChI=1S/C25H32N4O3/c1-19(24(30)26-22-7-9-23(10-8-22)29-15-17-32-18-16-29)28-13-11-20(12-14-28)25(31)27-21-5-3-2-4-6-21/h2-10,19-20H,11-18H2,1H3,(H,26,30)(H,27,31). The number of hydrogen-bond acceptors (Lipinski definition) is 5. The number of para-hydroxylation sites is 1. The van der Waals surface area contributed by atoms with Crippen molar-refractivity contribution in [1.29, 1.82) is 0 Å². The molecule has 170 valence electrons. The van der Waals surface area contributed by atoms with Crippen LogP contribution in [0.4, 0.5) is 17.1 Å². The van der Waals surface area contributed by atoms with Crippen molar-refractivity contribution in [2.75, 3.05) is 54.9 Å². The molecule has 2 aromatic carbocycles. The predicted octanol–water partition coefficient (Wildman–Crippen LogP) is 3.20. The summed E-state index contributed by atoms with van der Waals surface area (Å²) < 4.78 is 5.40. The fourth-order valence-electron chi connectivity index (χ4n) is 4.30. The molecule has 2 N–H and O–H groups in total. The monoisotopic (exact) mass is 436 g/mol. The Labute approximate surface area is 189 Å². The van der Waals surface area contributed by atoms with E-state index in [0.717, 1.165) is 69.3 Å². The third-order valence-electron chi connectivity index (χ3n) is 6.38. The third-order valence-corrected chi connectivity index (χ3v) is 6.38. The van der Waals surface area contributed by atoms with Crippen LogP contribution in [0.15, 0.2) is 54.6 Å². The topological polar surface area (TPSA) is 73.9 Å². The van der Waals surface area contributed by atoms with Gasteiger partial charge in [0.05, 0.1) is 19.3 Å². The van der Waals surface area contributed by atoms with Gasteiger partial charge >= 0.3 is 0 Å². The number of carbonyl (C=O) groups is 2. The van der Waals surface area contributed by atoms with Crippen LogP contribution in [0, 0.1) is 5.92 Å². The Morgan fingerprint density at radius 1 is 0.875 bits per heavy atom. The van der Waals surface area contributed by atoms with E-state index >= 15 is 0 Å². The summed E-state index contributed by atoms with van der Waals surface area (Å²) >= 11 is 0. The molecule has 2 aliphatic heterocycles. The fourth-order valence-corrected chi connectivity index (χ4v) is 4.30. The number of rotatable bonds is 6. The molecule has 2 aromatic rings. The van der Waals surface area contributed by atoms with E-state index in [2.05, 4.69) is 20.4 Å². The second-order valence-electron chi connectivity index (χ2n) is 8.48. The van der Waals surface area contributed by atoms with Crippen LogP contribution in [-0.2, 0) is 14.3 Å². The Morgan fingerprint density at radius 3 is 2.16 bits per heavy atom. The van der Waals surface area contributed by atoms with Crippen LogP contribution in [0.3, 0.4) is 0 Å². The number of ether oxygens (including phenoxy) is 1. The molecule has 32 heavy (non-hydrogen) atoms. The van der Waals surface area contributed by atoms with Crippen molar-refractivity contribution in [3.05, 3.63) is 54.6 Å². The van der Waals surface area contributed by atoms with Crippen LogP contribution in [0.5, 0.6) is 0 Å². The Bertz CT molecular complexity index is 889. The summed E-state index contributed by atoms with van der Waals surface area (Å²) in [5, 5.41) is 6.02. The predicted molar refractivity (Wildman–Crippen MR) is 127 cm³/mol. The minimum absolute atomic E-state index is 0.0173. The Balaban J connectivity index is 1.24. The minimum atomic E-state index is -0.243. The lowest BCUT2D eigenvalue weighted by molar-refractivity contribution is -0.123. The molecule has 7 nitrogen and oxygen atoms in total. The van der Waals surface area contributed by atoms with Gasteiger partial charge in [-0.25, -0.2) is 0 Å². The van der Waals surface area contributed by atoms with Crippen molar-refractivity contribution < 1.29 is 14.3 Å². The zero-order valence-electron chi connectivity index (χ0n) is 18.6. The van der Waals surface area contributed by atoms with Crippen molar-refractivity contribution in [1.82, 2.24) is 4.90 Å². The highest BCUT2D eigenvalue weighted by Gasteiger charge is 2.29. The van der Waals surface area contributed by atoms with E-state index in [0.29, 0.717) is 0 Å². The highest BCUT2D eigenvalue weighted by atomic mass is 16.5. The van der Waals surface area contributed by atoms with E-state index in [4.69, 9.17) is 4.74 Å². The summed E-state index contributed by atoms with van der Waals surface area (Å²) in [5.74, 6) is 0.0269. The van der Waals surface area contributed by atoms with Gasteiger partial charge in [0.1, 0.15) is 0 Å². The molecule has 0 bridgehead atoms. The van der Waals surface area contributed by atoms with E-state index in [1.165, 1.54) is 0 Å². The van der Waals surface area contributed by atoms with Gasteiger partial charge in [0, 0.05) is 36.1 Å². The molecule has 0 saturated carbocycles. The van der Waals surface area contributed by atoms with Crippen LogP contribution >= 0.6 is 0 Å². The summed E-state index contributed by atoms with van der Waals surface area (Å²) in [4.78, 5) is 29.8. The first-order valence-electron chi connectivity index (χ1n) is 11.4. The van der Waals surface area contributed by atoms with Crippen molar-refractivity contribution in [2.45, 2.75) is 25.8 Å². The van der Waals surface area contributed by atoms with Gasteiger partial charge in [-0.3, -0.25) is 14.5 Å². The molecule has 1 atom stereocenters. The van der Waals surface area contributed by atoms with Crippen LogP contribution < -0.4 is 15.5 Å². The molecule has 0 aliphatic carbocycles. The first-order valence-corrected chi connectivity index (χ1v) is 11.4. The first kappa shape index (κ1) is 22.3. The number of morpholine rings is 1. The van der Waals surface area contributed by atoms with Gasteiger partial charge in [0.25, 0.3) is 0 Å². The fraction of sp³-hybridized carbons (Fsp3) is 0.440. The van der Waals surface area contributed by atoms with Gasteiger partial charge in [-0.15, -0.1) is 0 Å². The average molecular weight is 437 g/mol. The molecule has 2 amide bonds. The second kappa shape index (κ2) is 10.6. The number of anilines is 3. The van der Waals surface area contributed by atoms with Crippen LogP contribution in [0.1, 0.15) is 19.8 Å². The van der Waals surface area contributed by atoms with Gasteiger partial charge in [-0.1, -0.05) is 18.2 Å². The first-order chi connectivity index (χ1) is 15.6. The van der Waals surface area contributed by atoms with Crippen molar-refractivity contribution >= 4 is 28.9 Å². The van der Waals surface area contributed by atoms with Crippen LogP contribution in [0.25, 0.3) is 0 Å². The molecule has 1 unspecified atom stereocenters. The average Bonchev–Trinajstić information content (AvgIpc) is 2.85. The summed E-state index contributed by atoms with van der Waals surface area (Å²) in [5.41, 5.74) is 2.78. The quantitative estimate of drug-likeness (QED) is 0.728. The van der Waals surface area contributed by atoms with Gasteiger partial charge in [-0.2, -0.15) is 0 Å². The molecular formula is C25H32N4O3. The molecule has 0 radical (unpaired) electrons. The van der Waals surface area contributed by atoms with Crippen LogP contribution in [-0.4, -0.2) is 62.1 Å². The molecule has 2 heterocycles. The lowest BCUT2D eigenvalue weighted by Gasteiger charge is -2.34. The van der Waals surface area contributed by atoms with Crippen molar-refractivity contribution in [3.63, 3.8) is 0 Å². The van der Waals surface area contributed by atoms with Crippen LogP contribution in [0.2, 0.25) is 0 Å². The normalized spacial score (nSPS) is 18.7. The summed E-state index contributed by atoms with van der Waals surface area (Å²) in [6.45, 7) is 6.68. The number of nitrogens with zero attached hydrogens (tertiary/aromatic N) is 2. The van der Waals surface area contributed by atoms with E-state index in [9.17, 15) is 9.59 Å². The van der Waals surface area contributed by atoms with E-state index in [1.807, 2.05) is 61.5 Å². The number of hydrogen-bond donors (Lipinski definition) is 2. The van der Waals surface area contributed by atoms with Crippen molar-refractivity contribution in [2.24, 2.45) is 5.92 Å². The second-order valence-corrected chi connectivity index (χ2v) is 8.48. The van der Waals surface area contributed by atoms with Gasteiger partial charge < -0.3 is 20.3 Å². The van der Waals surface area contributed by atoms with Gasteiger partial charge in [-0.05, 0) is 69.3 Å². The molecular weight excluding hydrogens is 404 g/mol. The number of carbonyl (C=O) groups excluding carboxylic acids is 2. The molecule has 2 saturated heterocycles. The zero-order valence-corrected chi connectivity index (χ0v) is 18.6. The summed E-state index contributed by atoms with van der Waals surface area (Å²) in [7, 11) is 0. The summed E-state index contributed by atoms with van der Waals surface area (Å²) in [6, 6.07) is 17.3. The summed E-state index contributed by atoms with van der Waals surface area (Å²) in [6.07, 6.45) is 1.51. The molecule has 2 aliphatic rings. The molecule has 2 fully saturated rings. The molecule has 0 spiro atoms. The lowest BCUT2D eigenvalue weighted by Crippen LogP contribution is -2.47. The number of nitrogens with one attached hydrogen (secondary N) is 2. The Hall–Kier alpha value is -2.90. The number of piperidine rings is 1. The number of likely N-dealkylation sites (tertiary alicyclic amines) is 1. The Kier molecular flexibility index (Phi) is 7.39. The SMILES string of the molecule is CC(C(=O)Nc1ccc(N2CCOCC2)cc1)N1CCC(C(=O)Nc2ccccc2)CC1. The molecule has 0 aromatic heterocycles. The van der Waals surface area contributed by atoms with Crippen molar-refractivity contribution in [3.8, 4) is 0 Å². The maximum atomic E-state index is 12.8. The van der Waals surface area contributed by atoms with Gasteiger partial charge in [0.15, 0.2) is 0 Å². The maximum Gasteiger partial charge on any atom is 0.241 e. The number of benzene rings is 2.